The number of halogens is 1. The number of hydrogen-bond acceptors (Lipinski definition) is 2. The number of ether oxygens (including phenoxy) is 1. The first-order valence-electron chi connectivity index (χ1n) is 5.84. The molecule has 2 heterocycles. The van der Waals surface area contributed by atoms with Gasteiger partial charge in [-0.2, -0.15) is 0 Å². The third-order valence-electron chi connectivity index (χ3n) is 3.80. The Morgan fingerprint density at radius 1 is 1.31 bits per heavy atom. The smallest absolute Gasteiger partial charge is 0.0763 e. The van der Waals surface area contributed by atoms with Gasteiger partial charge in [0.2, 0.25) is 0 Å². The molecule has 2 nitrogen and oxygen atoms in total. The fourth-order valence-corrected chi connectivity index (χ4v) is 3.27. The van der Waals surface area contributed by atoms with Crippen molar-refractivity contribution in [3.05, 3.63) is 34.3 Å². The zero-order valence-electron chi connectivity index (χ0n) is 9.16. The molecule has 2 aliphatic rings. The molecule has 0 saturated carbocycles. The maximum atomic E-state index is 6.48. The van der Waals surface area contributed by atoms with Crippen molar-refractivity contribution in [3.63, 3.8) is 0 Å². The van der Waals surface area contributed by atoms with Crippen LogP contribution < -0.4 is 5.73 Å². The summed E-state index contributed by atoms with van der Waals surface area (Å²) in [5, 5.41) is 0. The summed E-state index contributed by atoms with van der Waals surface area (Å²) >= 11 is 3.45. The second-order valence-corrected chi connectivity index (χ2v) is 5.98. The Labute approximate surface area is 104 Å². The van der Waals surface area contributed by atoms with Crippen LogP contribution in [-0.2, 0) is 11.2 Å². The highest BCUT2D eigenvalue weighted by molar-refractivity contribution is 9.10. The summed E-state index contributed by atoms with van der Waals surface area (Å²) in [4.78, 5) is 0. The molecular weight excluding hydrogens is 266 g/mol. The SMILES string of the molecule is NC1(Cc2ccc(Br)cc2)CC2CCC1O2. The van der Waals surface area contributed by atoms with Gasteiger partial charge in [-0.15, -0.1) is 0 Å². The molecule has 2 fully saturated rings. The highest BCUT2D eigenvalue weighted by Gasteiger charge is 2.49. The molecule has 1 aromatic rings. The van der Waals surface area contributed by atoms with Gasteiger partial charge >= 0.3 is 0 Å². The van der Waals surface area contributed by atoms with Crippen LogP contribution in [0.25, 0.3) is 0 Å². The molecule has 0 amide bonds. The topological polar surface area (TPSA) is 35.2 Å². The van der Waals surface area contributed by atoms with Crippen molar-refractivity contribution in [1.29, 1.82) is 0 Å². The Balaban J connectivity index is 1.77. The summed E-state index contributed by atoms with van der Waals surface area (Å²) in [6.45, 7) is 0. The van der Waals surface area contributed by atoms with Crippen LogP contribution in [0.3, 0.4) is 0 Å². The van der Waals surface area contributed by atoms with Gasteiger partial charge in [0.1, 0.15) is 0 Å². The van der Waals surface area contributed by atoms with Crippen molar-refractivity contribution in [2.45, 2.75) is 43.4 Å². The summed E-state index contributed by atoms with van der Waals surface area (Å²) in [5.41, 5.74) is 7.66. The van der Waals surface area contributed by atoms with E-state index >= 15 is 0 Å². The van der Waals surface area contributed by atoms with Crippen LogP contribution in [0.4, 0.5) is 0 Å². The second kappa shape index (κ2) is 3.83. The summed E-state index contributed by atoms with van der Waals surface area (Å²) in [6, 6.07) is 8.44. The first kappa shape index (κ1) is 10.8. The Morgan fingerprint density at radius 3 is 2.62 bits per heavy atom. The van der Waals surface area contributed by atoms with Crippen molar-refractivity contribution >= 4 is 15.9 Å². The molecule has 0 aromatic heterocycles. The third kappa shape index (κ3) is 1.81. The van der Waals surface area contributed by atoms with E-state index in [9.17, 15) is 0 Å². The van der Waals surface area contributed by atoms with E-state index in [-0.39, 0.29) is 11.6 Å². The van der Waals surface area contributed by atoms with Crippen LogP contribution >= 0.6 is 15.9 Å². The summed E-state index contributed by atoms with van der Waals surface area (Å²) in [5.74, 6) is 0. The fraction of sp³-hybridized carbons (Fsp3) is 0.538. The molecule has 0 aliphatic carbocycles. The van der Waals surface area contributed by atoms with Gasteiger partial charge in [0.15, 0.2) is 0 Å². The first-order chi connectivity index (χ1) is 7.66. The lowest BCUT2D eigenvalue weighted by molar-refractivity contribution is 0.0856. The van der Waals surface area contributed by atoms with Crippen LogP contribution in [0.15, 0.2) is 28.7 Å². The van der Waals surface area contributed by atoms with E-state index < -0.39 is 0 Å². The van der Waals surface area contributed by atoms with Crippen LogP contribution in [0, 0.1) is 0 Å². The summed E-state index contributed by atoms with van der Waals surface area (Å²) < 4.78 is 6.97. The van der Waals surface area contributed by atoms with E-state index in [1.54, 1.807) is 0 Å². The Kier molecular flexibility index (Phi) is 2.57. The maximum Gasteiger partial charge on any atom is 0.0763 e. The molecule has 3 atom stereocenters. The number of benzene rings is 1. The van der Waals surface area contributed by atoms with E-state index in [4.69, 9.17) is 10.5 Å². The molecular formula is C13H16BrNO. The van der Waals surface area contributed by atoms with Crippen molar-refractivity contribution < 1.29 is 4.74 Å². The largest absolute Gasteiger partial charge is 0.373 e. The molecule has 3 heteroatoms. The predicted molar refractivity (Wildman–Crippen MR) is 67.3 cm³/mol. The standard InChI is InChI=1S/C13H16BrNO/c14-10-3-1-9(2-4-10)7-13(15)8-11-5-6-12(13)16-11/h1-4,11-12H,5-8,15H2. The van der Waals surface area contributed by atoms with Crippen LogP contribution in [0.2, 0.25) is 0 Å². The van der Waals surface area contributed by atoms with Gasteiger partial charge in [0.05, 0.1) is 12.2 Å². The zero-order chi connectivity index (χ0) is 11.2. The zero-order valence-corrected chi connectivity index (χ0v) is 10.7. The highest BCUT2D eigenvalue weighted by atomic mass is 79.9. The van der Waals surface area contributed by atoms with E-state index in [0.717, 1.165) is 23.7 Å². The molecule has 0 spiro atoms. The lowest BCUT2D eigenvalue weighted by Crippen LogP contribution is -2.50. The third-order valence-corrected chi connectivity index (χ3v) is 4.33. The summed E-state index contributed by atoms with van der Waals surface area (Å²) in [7, 11) is 0. The van der Waals surface area contributed by atoms with Gasteiger partial charge in [0.25, 0.3) is 0 Å². The van der Waals surface area contributed by atoms with Gasteiger partial charge in [0, 0.05) is 10.0 Å². The Hall–Kier alpha value is -0.380. The molecule has 2 aliphatic heterocycles. The average molecular weight is 282 g/mol. The monoisotopic (exact) mass is 281 g/mol. The molecule has 2 bridgehead atoms. The Morgan fingerprint density at radius 2 is 2.06 bits per heavy atom. The van der Waals surface area contributed by atoms with E-state index in [2.05, 4.69) is 40.2 Å². The van der Waals surface area contributed by atoms with Gasteiger partial charge < -0.3 is 10.5 Å². The van der Waals surface area contributed by atoms with Crippen molar-refractivity contribution in [2.75, 3.05) is 0 Å². The van der Waals surface area contributed by atoms with Crippen molar-refractivity contribution in [2.24, 2.45) is 5.73 Å². The van der Waals surface area contributed by atoms with Crippen molar-refractivity contribution in [1.82, 2.24) is 0 Å². The number of nitrogens with two attached hydrogens (primary N) is 1. The first-order valence-corrected chi connectivity index (χ1v) is 6.64. The highest BCUT2D eigenvalue weighted by Crippen LogP contribution is 2.41. The molecule has 3 unspecified atom stereocenters. The number of hydrogen-bond donors (Lipinski definition) is 1. The molecule has 0 radical (unpaired) electrons. The molecule has 3 rings (SSSR count). The fourth-order valence-electron chi connectivity index (χ4n) is 3.00. The van der Waals surface area contributed by atoms with Crippen LogP contribution in [-0.4, -0.2) is 17.7 Å². The van der Waals surface area contributed by atoms with Gasteiger partial charge in [-0.1, -0.05) is 28.1 Å². The van der Waals surface area contributed by atoms with Gasteiger partial charge in [-0.25, -0.2) is 0 Å². The van der Waals surface area contributed by atoms with Crippen LogP contribution in [0.1, 0.15) is 24.8 Å². The van der Waals surface area contributed by atoms with Gasteiger partial charge in [-0.05, 0) is 43.4 Å². The number of rotatable bonds is 2. The minimum atomic E-state index is -0.128. The van der Waals surface area contributed by atoms with E-state index in [0.29, 0.717) is 6.10 Å². The minimum absolute atomic E-state index is 0.128. The van der Waals surface area contributed by atoms with E-state index in [1.807, 2.05) is 0 Å². The molecule has 2 N–H and O–H groups in total. The molecule has 16 heavy (non-hydrogen) atoms. The maximum absolute atomic E-state index is 6.48. The number of fused-ring (bicyclic) bond motifs is 2. The summed E-state index contributed by atoms with van der Waals surface area (Å²) in [6.07, 6.45) is 4.99. The Bertz CT molecular complexity index is 391. The normalized spacial score (nSPS) is 36.9. The van der Waals surface area contributed by atoms with Crippen molar-refractivity contribution in [3.8, 4) is 0 Å². The quantitative estimate of drug-likeness (QED) is 0.905. The lowest BCUT2D eigenvalue weighted by atomic mass is 9.78. The molecule has 1 aromatic carbocycles. The molecule has 86 valence electrons. The minimum Gasteiger partial charge on any atom is -0.373 e. The molecule has 2 saturated heterocycles. The second-order valence-electron chi connectivity index (χ2n) is 5.06. The van der Waals surface area contributed by atoms with E-state index in [1.165, 1.54) is 12.0 Å². The average Bonchev–Trinajstić information content (AvgIpc) is 2.81. The lowest BCUT2D eigenvalue weighted by Gasteiger charge is -2.31. The predicted octanol–water partition coefficient (Wildman–Crippen LogP) is 2.64. The van der Waals surface area contributed by atoms with Gasteiger partial charge in [-0.3, -0.25) is 0 Å². The van der Waals surface area contributed by atoms with Crippen LogP contribution in [0.5, 0.6) is 0 Å².